The number of amides is 1. The van der Waals surface area contributed by atoms with Gasteiger partial charge in [-0.15, -0.1) is 11.3 Å². The van der Waals surface area contributed by atoms with Crippen LogP contribution < -0.4 is 10.9 Å². The Labute approximate surface area is 165 Å². The third-order valence-electron chi connectivity index (χ3n) is 3.72. The summed E-state index contributed by atoms with van der Waals surface area (Å²) in [5.41, 5.74) is 2.41. The van der Waals surface area contributed by atoms with Crippen molar-refractivity contribution in [3.8, 4) is 11.3 Å². The van der Waals surface area contributed by atoms with E-state index < -0.39 is 0 Å². The molecule has 1 aromatic carbocycles. The molecule has 0 bridgehead atoms. The molecule has 2 N–H and O–H groups in total. The molecule has 0 unspecified atom stereocenters. The molecule has 2 heterocycles. The number of nitrogens with one attached hydrogen (secondary N) is 2. The Balaban J connectivity index is 1.57. The van der Waals surface area contributed by atoms with Gasteiger partial charge in [0.05, 0.1) is 11.4 Å². The fraction of sp³-hybridized carbons (Fsp3) is 0.263. The maximum absolute atomic E-state index is 12.2. The molecule has 0 fully saturated rings. The number of carbonyl (C=O) groups excluding carboxylic acids is 1. The van der Waals surface area contributed by atoms with Crippen molar-refractivity contribution in [2.24, 2.45) is 0 Å². The topological polar surface area (TPSA) is 87.7 Å². The molecule has 0 aliphatic carbocycles. The number of H-pyrrole nitrogens is 1. The number of thiazole rings is 1. The molecular formula is C19H20N4O2S2. The zero-order valence-corrected chi connectivity index (χ0v) is 16.5. The van der Waals surface area contributed by atoms with Crippen LogP contribution in [0.3, 0.4) is 0 Å². The Kier molecular flexibility index (Phi) is 6.78. The Bertz CT molecular complexity index is 954. The van der Waals surface area contributed by atoms with Crippen molar-refractivity contribution in [1.29, 1.82) is 0 Å². The molecule has 2 aromatic heterocycles. The number of anilines is 1. The van der Waals surface area contributed by atoms with Gasteiger partial charge in [-0.2, -0.15) is 0 Å². The molecule has 8 heteroatoms. The molecular weight excluding hydrogens is 380 g/mol. The number of hydrogen-bond donors (Lipinski definition) is 2. The zero-order valence-electron chi connectivity index (χ0n) is 14.9. The van der Waals surface area contributed by atoms with Crippen molar-refractivity contribution >= 4 is 34.1 Å². The molecule has 0 aliphatic rings. The fourth-order valence-corrected chi connectivity index (χ4v) is 3.83. The summed E-state index contributed by atoms with van der Waals surface area (Å²) in [6, 6.07) is 11.3. The molecule has 0 aliphatic heterocycles. The lowest BCUT2D eigenvalue weighted by Gasteiger charge is -2.04. The summed E-state index contributed by atoms with van der Waals surface area (Å²) in [5.74, 6) is -0.0315. The van der Waals surface area contributed by atoms with E-state index in [4.69, 9.17) is 0 Å². The standard InChI is InChI=1S/C19H20N4O2S2/c1-2-3-9-14-10-16(24)22-18(20-14)27-12-17(25)23-19-21-15(11-26-19)13-7-5-4-6-8-13/h4-8,10-11H,2-3,9,12H2,1H3,(H,20,22,24)(H,21,23,25). The Hall–Kier alpha value is -2.45. The van der Waals surface area contributed by atoms with Crippen molar-refractivity contribution in [1.82, 2.24) is 15.0 Å². The maximum atomic E-state index is 12.2. The van der Waals surface area contributed by atoms with Crippen molar-refractivity contribution in [2.45, 2.75) is 31.3 Å². The molecule has 0 spiro atoms. The molecule has 1 amide bonds. The highest BCUT2D eigenvalue weighted by atomic mass is 32.2. The van der Waals surface area contributed by atoms with Crippen LogP contribution in [-0.4, -0.2) is 26.6 Å². The summed E-state index contributed by atoms with van der Waals surface area (Å²) < 4.78 is 0. The molecule has 27 heavy (non-hydrogen) atoms. The lowest BCUT2D eigenvalue weighted by Crippen LogP contribution is -2.15. The predicted molar refractivity (Wildman–Crippen MR) is 110 cm³/mol. The van der Waals surface area contributed by atoms with Crippen molar-refractivity contribution in [3.05, 3.63) is 57.8 Å². The number of aryl methyl sites for hydroxylation is 1. The predicted octanol–water partition coefficient (Wildman–Crippen LogP) is 3.97. The summed E-state index contributed by atoms with van der Waals surface area (Å²) in [4.78, 5) is 35.4. The van der Waals surface area contributed by atoms with Gasteiger partial charge in [0, 0.05) is 22.7 Å². The number of aromatic amines is 1. The van der Waals surface area contributed by atoms with Crippen LogP contribution in [-0.2, 0) is 11.2 Å². The largest absolute Gasteiger partial charge is 0.301 e. The summed E-state index contributed by atoms with van der Waals surface area (Å²) >= 11 is 2.59. The average Bonchev–Trinajstić information content (AvgIpc) is 3.13. The van der Waals surface area contributed by atoms with Crippen LogP contribution in [0.1, 0.15) is 25.5 Å². The summed E-state index contributed by atoms with van der Waals surface area (Å²) in [7, 11) is 0. The summed E-state index contributed by atoms with van der Waals surface area (Å²) in [6.45, 7) is 2.09. The molecule has 6 nitrogen and oxygen atoms in total. The second-order valence-corrected chi connectivity index (χ2v) is 7.71. The highest BCUT2D eigenvalue weighted by Gasteiger charge is 2.10. The molecule has 0 saturated heterocycles. The van der Waals surface area contributed by atoms with Gasteiger partial charge in [0.15, 0.2) is 10.3 Å². The van der Waals surface area contributed by atoms with E-state index in [-0.39, 0.29) is 17.2 Å². The molecule has 140 valence electrons. The van der Waals surface area contributed by atoms with Gasteiger partial charge in [0.25, 0.3) is 5.56 Å². The number of rotatable bonds is 8. The van der Waals surface area contributed by atoms with Gasteiger partial charge in [-0.05, 0) is 12.8 Å². The van der Waals surface area contributed by atoms with E-state index in [0.29, 0.717) is 10.3 Å². The quantitative estimate of drug-likeness (QED) is 0.441. The molecule has 0 atom stereocenters. The van der Waals surface area contributed by atoms with Gasteiger partial charge in [0.1, 0.15) is 0 Å². The summed E-state index contributed by atoms with van der Waals surface area (Å²) in [5, 5.41) is 5.72. The first-order valence-electron chi connectivity index (χ1n) is 8.68. The number of thioether (sulfide) groups is 1. The normalized spacial score (nSPS) is 10.7. The molecule has 0 radical (unpaired) electrons. The SMILES string of the molecule is CCCCc1cc(=O)[nH]c(SCC(=O)Nc2nc(-c3ccccc3)cs2)n1. The number of carbonyl (C=O) groups is 1. The molecule has 3 rings (SSSR count). The van der Waals surface area contributed by atoms with Crippen LogP contribution >= 0.6 is 23.1 Å². The van der Waals surface area contributed by atoms with E-state index in [0.717, 1.165) is 36.2 Å². The Morgan fingerprint density at radius 1 is 1.26 bits per heavy atom. The number of hydrogen-bond acceptors (Lipinski definition) is 6. The van der Waals surface area contributed by atoms with Gasteiger partial charge in [-0.3, -0.25) is 9.59 Å². The minimum atomic E-state index is -0.188. The number of benzene rings is 1. The fourth-order valence-electron chi connectivity index (χ4n) is 2.40. The number of nitrogens with zero attached hydrogens (tertiary/aromatic N) is 2. The van der Waals surface area contributed by atoms with Crippen LogP contribution in [0.15, 0.2) is 51.7 Å². The first-order chi connectivity index (χ1) is 13.1. The molecule has 0 saturated carbocycles. The smallest absolute Gasteiger partial charge is 0.251 e. The van der Waals surface area contributed by atoms with E-state index >= 15 is 0 Å². The highest BCUT2D eigenvalue weighted by Crippen LogP contribution is 2.24. The van der Waals surface area contributed by atoms with E-state index in [1.165, 1.54) is 29.2 Å². The maximum Gasteiger partial charge on any atom is 0.251 e. The first kappa shape index (κ1) is 19.3. The van der Waals surface area contributed by atoms with Crippen molar-refractivity contribution in [3.63, 3.8) is 0 Å². The lowest BCUT2D eigenvalue weighted by atomic mass is 10.2. The number of aromatic nitrogens is 3. The lowest BCUT2D eigenvalue weighted by molar-refractivity contribution is -0.113. The minimum Gasteiger partial charge on any atom is -0.301 e. The van der Waals surface area contributed by atoms with Gasteiger partial charge >= 0.3 is 0 Å². The minimum absolute atomic E-state index is 0.153. The van der Waals surface area contributed by atoms with Gasteiger partial charge in [0.2, 0.25) is 5.91 Å². The second-order valence-electron chi connectivity index (χ2n) is 5.89. The van der Waals surface area contributed by atoms with Crippen LogP contribution in [0.5, 0.6) is 0 Å². The van der Waals surface area contributed by atoms with Gasteiger partial charge < -0.3 is 10.3 Å². The second kappa shape index (κ2) is 9.48. The van der Waals surface area contributed by atoms with Crippen LogP contribution in [0, 0.1) is 0 Å². The Morgan fingerprint density at radius 2 is 2.07 bits per heavy atom. The van der Waals surface area contributed by atoms with Crippen molar-refractivity contribution < 1.29 is 4.79 Å². The number of unbranched alkanes of at least 4 members (excludes halogenated alkanes) is 1. The Morgan fingerprint density at radius 3 is 2.85 bits per heavy atom. The third-order valence-corrected chi connectivity index (χ3v) is 5.35. The van der Waals surface area contributed by atoms with Crippen LogP contribution in [0.2, 0.25) is 0 Å². The monoisotopic (exact) mass is 400 g/mol. The average molecular weight is 401 g/mol. The highest BCUT2D eigenvalue weighted by molar-refractivity contribution is 7.99. The van der Waals surface area contributed by atoms with E-state index in [1.54, 1.807) is 0 Å². The van der Waals surface area contributed by atoms with Crippen molar-refractivity contribution in [2.75, 3.05) is 11.1 Å². The van der Waals surface area contributed by atoms with E-state index in [1.807, 2.05) is 35.7 Å². The van der Waals surface area contributed by atoms with Gasteiger partial charge in [-0.25, -0.2) is 9.97 Å². The summed E-state index contributed by atoms with van der Waals surface area (Å²) in [6.07, 6.45) is 2.79. The molecule has 3 aromatic rings. The van der Waals surface area contributed by atoms with Gasteiger partial charge in [-0.1, -0.05) is 55.4 Å². The third kappa shape index (κ3) is 5.77. The van der Waals surface area contributed by atoms with E-state index in [9.17, 15) is 9.59 Å². The first-order valence-corrected chi connectivity index (χ1v) is 10.5. The van der Waals surface area contributed by atoms with Crippen LogP contribution in [0.4, 0.5) is 5.13 Å². The van der Waals surface area contributed by atoms with Crippen LogP contribution in [0.25, 0.3) is 11.3 Å². The zero-order chi connectivity index (χ0) is 19.1. The van der Waals surface area contributed by atoms with E-state index in [2.05, 4.69) is 27.2 Å².